The quantitative estimate of drug-likeness (QED) is 0.873. The van der Waals surface area contributed by atoms with Gasteiger partial charge in [0.1, 0.15) is 0 Å². The number of benzene rings is 1. The van der Waals surface area contributed by atoms with E-state index < -0.39 is 10.0 Å². The molecule has 1 aliphatic carbocycles. The van der Waals surface area contributed by atoms with Crippen LogP contribution in [0.5, 0.6) is 0 Å². The predicted octanol–water partition coefficient (Wildman–Crippen LogP) is 3.56. The molecule has 1 saturated carbocycles. The lowest BCUT2D eigenvalue weighted by Gasteiger charge is -2.39. The van der Waals surface area contributed by atoms with Crippen LogP contribution in [0.25, 0.3) is 0 Å². The van der Waals surface area contributed by atoms with Gasteiger partial charge in [-0.2, -0.15) is 0 Å². The minimum Gasteiger partial charge on any atom is -0.382 e. The lowest BCUT2D eigenvalue weighted by molar-refractivity contribution is 0.212. The summed E-state index contributed by atoms with van der Waals surface area (Å²) in [4.78, 5) is 0. The first-order chi connectivity index (χ1) is 9.24. The van der Waals surface area contributed by atoms with Crippen LogP contribution < -0.4 is 10.0 Å². The van der Waals surface area contributed by atoms with Crippen LogP contribution in [-0.4, -0.2) is 20.7 Å². The molecule has 1 aromatic rings. The van der Waals surface area contributed by atoms with Gasteiger partial charge in [-0.1, -0.05) is 25.4 Å². The fourth-order valence-corrected chi connectivity index (χ4v) is 3.31. The van der Waals surface area contributed by atoms with Crippen LogP contribution in [-0.2, 0) is 10.0 Å². The highest BCUT2D eigenvalue weighted by Gasteiger charge is 2.30. The molecule has 0 amide bonds. The summed E-state index contributed by atoms with van der Waals surface area (Å²) < 4.78 is 24.8. The van der Waals surface area contributed by atoms with Crippen molar-refractivity contribution >= 4 is 33.0 Å². The molecule has 4 nitrogen and oxygen atoms in total. The second kappa shape index (κ2) is 5.82. The van der Waals surface area contributed by atoms with Gasteiger partial charge in [0.05, 0.1) is 17.0 Å². The van der Waals surface area contributed by atoms with Gasteiger partial charge in [0.25, 0.3) is 0 Å². The van der Waals surface area contributed by atoms with Crippen molar-refractivity contribution in [1.82, 2.24) is 0 Å². The van der Waals surface area contributed by atoms with Crippen LogP contribution in [0.4, 0.5) is 11.4 Å². The van der Waals surface area contributed by atoms with E-state index >= 15 is 0 Å². The Hall–Kier alpha value is -0.940. The van der Waals surface area contributed by atoms with Crippen molar-refractivity contribution < 1.29 is 8.42 Å². The fraction of sp³-hybridized carbons (Fsp3) is 0.571. The zero-order valence-corrected chi connectivity index (χ0v) is 13.6. The second-order valence-electron chi connectivity index (χ2n) is 5.89. The Morgan fingerprint density at radius 3 is 2.45 bits per heavy atom. The van der Waals surface area contributed by atoms with Crippen molar-refractivity contribution in [3.63, 3.8) is 0 Å². The smallest absolute Gasteiger partial charge is 0.229 e. The minimum atomic E-state index is -3.30. The Balaban J connectivity index is 1.97. The van der Waals surface area contributed by atoms with Crippen molar-refractivity contribution in [3.05, 3.63) is 23.2 Å². The molecule has 1 fully saturated rings. The number of sulfonamides is 1. The molecule has 6 heteroatoms. The van der Waals surface area contributed by atoms with Gasteiger partial charge < -0.3 is 5.32 Å². The lowest BCUT2D eigenvalue weighted by atomic mass is 9.73. The first-order valence-electron chi connectivity index (χ1n) is 6.78. The van der Waals surface area contributed by atoms with E-state index in [0.29, 0.717) is 16.8 Å². The van der Waals surface area contributed by atoms with Crippen molar-refractivity contribution in [2.24, 2.45) is 11.8 Å². The molecule has 0 radical (unpaired) electrons. The third-order valence-corrected chi connectivity index (χ3v) is 4.66. The summed E-state index contributed by atoms with van der Waals surface area (Å²) in [7, 11) is -3.30. The maximum absolute atomic E-state index is 11.2. The molecule has 1 aliphatic rings. The third-order valence-electron chi connectivity index (χ3n) is 3.75. The summed E-state index contributed by atoms with van der Waals surface area (Å²) in [5.41, 5.74) is 1.34. The zero-order valence-electron chi connectivity index (χ0n) is 12.0. The number of nitrogens with one attached hydrogen (secondary N) is 2. The third kappa shape index (κ3) is 4.03. The highest BCUT2D eigenvalue weighted by atomic mass is 35.5. The number of halogens is 1. The highest BCUT2D eigenvalue weighted by Crippen LogP contribution is 2.36. The summed E-state index contributed by atoms with van der Waals surface area (Å²) in [6.07, 6.45) is 3.47. The number of rotatable bonds is 5. The van der Waals surface area contributed by atoms with Crippen LogP contribution in [0.15, 0.2) is 18.2 Å². The molecule has 0 spiro atoms. The van der Waals surface area contributed by atoms with E-state index in [1.165, 1.54) is 12.8 Å². The first kappa shape index (κ1) is 15.4. The van der Waals surface area contributed by atoms with Crippen molar-refractivity contribution in [2.75, 3.05) is 16.3 Å². The zero-order chi connectivity index (χ0) is 14.9. The molecule has 1 aromatic carbocycles. The summed E-state index contributed by atoms with van der Waals surface area (Å²) in [6.45, 7) is 4.51. The predicted molar refractivity (Wildman–Crippen MR) is 84.9 cm³/mol. The maximum atomic E-state index is 11.2. The van der Waals surface area contributed by atoms with Gasteiger partial charge in [-0.3, -0.25) is 4.72 Å². The molecule has 0 heterocycles. The first-order valence-corrected chi connectivity index (χ1v) is 9.05. The van der Waals surface area contributed by atoms with Gasteiger partial charge in [-0.25, -0.2) is 8.42 Å². The van der Waals surface area contributed by atoms with Crippen molar-refractivity contribution in [3.8, 4) is 0 Å². The Morgan fingerprint density at radius 1 is 1.30 bits per heavy atom. The SMILES string of the molecule is CC(C)C1CC(Nc2ccc(NS(C)(=O)=O)c(Cl)c2)C1. The van der Waals surface area contributed by atoms with Gasteiger partial charge in [0.2, 0.25) is 10.0 Å². The summed E-state index contributed by atoms with van der Waals surface area (Å²) in [5.74, 6) is 1.53. The molecular formula is C14H21ClN2O2S. The van der Waals surface area contributed by atoms with Gasteiger partial charge >= 0.3 is 0 Å². The highest BCUT2D eigenvalue weighted by molar-refractivity contribution is 7.92. The minimum absolute atomic E-state index is 0.403. The Bertz CT molecular complexity index is 581. The van der Waals surface area contributed by atoms with E-state index in [9.17, 15) is 8.42 Å². The summed E-state index contributed by atoms with van der Waals surface area (Å²) in [5, 5.41) is 3.84. The number of anilines is 2. The molecule has 2 N–H and O–H groups in total. The van der Waals surface area contributed by atoms with Crippen LogP contribution in [0.2, 0.25) is 5.02 Å². The van der Waals surface area contributed by atoms with E-state index in [4.69, 9.17) is 11.6 Å². The Morgan fingerprint density at radius 2 is 1.95 bits per heavy atom. The van der Waals surface area contributed by atoms with E-state index in [1.807, 2.05) is 6.07 Å². The Labute approximate surface area is 126 Å². The lowest BCUT2D eigenvalue weighted by Crippen LogP contribution is -2.37. The van der Waals surface area contributed by atoms with E-state index in [1.54, 1.807) is 12.1 Å². The monoisotopic (exact) mass is 316 g/mol. The van der Waals surface area contributed by atoms with Crippen molar-refractivity contribution in [1.29, 1.82) is 0 Å². The molecule has 0 unspecified atom stereocenters. The van der Waals surface area contributed by atoms with Gasteiger partial charge in [-0.05, 0) is 42.9 Å². The molecule has 0 atom stereocenters. The fourth-order valence-electron chi connectivity index (χ4n) is 2.45. The number of hydrogen-bond donors (Lipinski definition) is 2. The van der Waals surface area contributed by atoms with Gasteiger partial charge in [-0.15, -0.1) is 0 Å². The van der Waals surface area contributed by atoms with Crippen LogP contribution >= 0.6 is 11.6 Å². The van der Waals surface area contributed by atoms with Crippen LogP contribution in [0, 0.1) is 11.8 Å². The second-order valence-corrected chi connectivity index (χ2v) is 8.04. The number of hydrogen-bond acceptors (Lipinski definition) is 3. The topological polar surface area (TPSA) is 58.2 Å². The van der Waals surface area contributed by atoms with Gasteiger partial charge in [0, 0.05) is 11.7 Å². The average Bonchev–Trinajstić information content (AvgIpc) is 2.24. The maximum Gasteiger partial charge on any atom is 0.229 e. The molecule has 0 saturated heterocycles. The largest absolute Gasteiger partial charge is 0.382 e. The van der Waals surface area contributed by atoms with Crippen LogP contribution in [0.1, 0.15) is 26.7 Å². The standard InChI is InChI=1S/C14H21ClN2O2S/c1-9(2)10-6-12(7-10)16-11-4-5-14(13(15)8-11)17-20(3,18)19/h4-5,8-10,12,16-17H,6-7H2,1-3H3. The summed E-state index contributed by atoms with van der Waals surface area (Å²) >= 11 is 6.09. The normalized spacial score (nSPS) is 22.4. The van der Waals surface area contributed by atoms with E-state index in [2.05, 4.69) is 23.9 Å². The van der Waals surface area contributed by atoms with E-state index in [0.717, 1.165) is 23.8 Å². The molecule has 20 heavy (non-hydrogen) atoms. The molecule has 0 bridgehead atoms. The average molecular weight is 317 g/mol. The van der Waals surface area contributed by atoms with Gasteiger partial charge in [0.15, 0.2) is 0 Å². The molecule has 0 aliphatic heterocycles. The van der Waals surface area contributed by atoms with E-state index in [-0.39, 0.29) is 0 Å². The molecule has 0 aromatic heterocycles. The Kier molecular flexibility index (Phi) is 4.49. The van der Waals surface area contributed by atoms with Crippen LogP contribution in [0.3, 0.4) is 0 Å². The molecule has 112 valence electrons. The summed E-state index contributed by atoms with van der Waals surface area (Å²) in [6, 6.07) is 5.79. The molecular weight excluding hydrogens is 296 g/mol. The molecule has 2 rings (SSSR count). The van der Waals surface area contributed by atoms with Crippen molar-refractivity contribution in [2.45, 2.75) is 32.7 Å².